The molecule has 0 aromatic rings. The zero-order valence-electron chi connectivity index (χ0n) is 13.8. The number of carbonyl (C=O) groups is 1. The van der Waals surface area contributed by atoms with Crippen LogP contribution in [0.15, 0.2) is 0 Å². The van der Waals surface area contributed by atoms with Crippen molar-refractivity contribution in [3.8, 4) is 0 Å². The van der Waals surface area contributed by atoms with Crippen LogP contribution in [0.3, 0.4) is 0 Å². The Morgan fingerprint density at radius 3 is 2.05 bits per heavy atom. The summed E-state index contributed by atoms with van der Waals surface area (Å²) in [6.07, 6.45) is 9.84. The molecule has 0 aliphatic carbocycles. The maximum atomic E-state index is 10.4. The number of hydrogen-bond donors (Lipinski definition) is 2. The van der Waals surface area contributed by atoms with Gasteiger partial charge >= 0.3 is 5.97 Å². The van der Waals surface area contributed by atoms with Gasteiger partial charge in [0.05, 0.1) is 0 Å². The van der Waals surface area contributed by atoms with Gasteiger partial charge in [-0.15, -0.1) is 0 Å². The van der Waals surface area contributed by atoms with E-state index in [-0.39, 0.29) is 11.1 Å². The van der Waals surface area contributed by atoms with Gasteiger partial charge in [-0.05, 0) is 52.9 Å². The van der Waals surface area contributed by atoms with E-state index in [9.17, 15) is 4.79 Å². The predicted molar refractivity (Wildman–Crippen MR) is 84.0 cm³/mol. The maximum absolute atomic E-state index is 10.4. The lowest BCUT2D eigenvalue weighted by Gasteiger charge is -2.46. The van der Waals surface area contributed by atoms with Crippen LogP contribution in [0.2, 0.25) is 0 Å². The molecule has 3 heteroatoms. The molecule has 0 aromatic carbocycles. The molecular formula is C17H33NO2. The quantitative estimate of drug-likeness (QED) is 0.651. The Bertz CT molecular complexity index is 294. The number of hydrogen-bond acceptors (Lipinski definition) is 2. The molecular weight excluding hydrogens is 250 g/mol. The lowest BCUT2D eigenvalue weighted by atomic mass is 9.74. The topological polar surface area (TPSA) is 49.3 Å². The number of unbranched alkanes of at least 4 members (excludes halogenated alkanes) is 4. The molecule has 2 N–H and O–H groups in total. The van der Waals surface area contributed by atoms with E-state index in [2.05, 4.69) is 33.0 Å². The molecule has 0 atom stereocenters. The summed E-state index contributed by atoms with van der Waals surface area (Å²) in [5.74, 6) is 0.171. The average Bonchev–Trinajstić information content (AvgIpc) is 2.22. The van der Waals surface area contributed by atoms with Crippen molar-refractivity contribution in [1.82, 2.24) is 5.32 Å². The van der Waals surface area contributed by atoms with Crippen LogP contribution in [-0.4, -0.2) is 22.2 Å². The van der Waals surface area contributed by atoms with Gasteiger partial charge < -0.3 is 10.4 Å². The van der Waals surface area contributed by atoms with E-state index in [1.54, 1.807) is 0 Å². The summed E-state index contributed by atoms with van der Waals surface area (Å²) in [6.45, 7) is 9.25. The van der Waals surface area contributed by atoms with Crippen molar-refractivity contribution in [2.45, 2.75) is 96.6 Å². The molecule has 1 fully saturated rings. The van der Waals surface area contributed by atoms with Gasteiger partial charge in [0, 0.05) is 17.5 Å². The molecule has 1 aliphatic rings. The Balaban J connectivity index is 2.14. The van der Waals surface area contributed by atoms with Crippen LogP contribution in [0.1, 0.15) is 85.5 Å². The van der Waals surface area contributed by atoms with Crippen molar-refractivity contribution in [3.05, 3.63) is 0 Å². The SMILES string of the molecule is CC1(C)CC(CCCCCCCC(=O)O)CC(C)(C)N1. The Kier molecular flexibility index (Phi) is 6.50. The molecule has 1 aliphatic heterocycles. The minimum absolute atomic E-state index is 0.258. The number of piperidine rings is 1. The summed E-state index contributed by atoms with van der Waals surface area (Å²) in [6, 6.07) is 0. The van der Waals surface area contributed by atoms with Crippen LogP contribution < -0.4 is 5.32 Å². The van der Waals surface area contributed by atoms with Gasteiger partial charge in [-0.1, -0.05) is 32.1 Å². The lowest BCUT2D eigenvalue weighted by molar-refractivity contribution is -0.137. The Hall–Kier alpha value is -0.570. The van der Waals surface area contributed by atoms with E-state index in [4.69, 9.17) is 5.11 Å². The normalized spacial score (nSPS) is 21.8. The molecule has 0 radical (unpaired) electrons. The zero-order chi connectivity index (χ0) is 15.2. The van der Waals surface area contributed by atoms with Crippen LogP contribution in [0.4, 0.5) is 0 Å². The second-order valence-corrected chi connectivity index (χ2v) is 7.87. The fourth-order valence-electron chi connectivity index (χ4n) is 3.98. The lowest BCUT2D eigenvalue weighted by Crippen LogP contribution is -2.57. The van der Waals surface area contributed by atoms with E-state index in [1.165, 1.54) is 38.5 Å². The molecule has 0 bridgehead atoms. The monoisotopic (exact) mass is 283 g/mol. The molecule has 118 valence electrons. The maximum Gasteiger partial charge on any atom is 0.303 e. The first-order chi connectivity index (χ1) is 9.20. The summed E-state index contributed by atoms with van der Waals surface area (Å²) in [5, 5.41) is 12.3. The molecule has 0 amide bonds. The molecule has 3 nitrogen and oxygen atoms in total. The van der Waals surface area contributed by atoms with Crippen molar-refractivity contribution >= 4 is 5.97 Å². The van der Waals surface area contributed by atoms with Crippen LogP contribution >= 0.6 is 0 Å². The first-order valence-corrected chi connectivity index (χ1v) is 8.21. The molecule has 1 heterocycles. The van der Waals surface area contributed by atoms with Crippen molar-refractivity contribution in [2.24, 2.45) is 5.92 Å². The smallest absolute Gasteiger partial charge is 0.303 e. The summed E-state index contributed by atoms with van der Waals surface area (Å²) >= 11 is 0. The van der Waals surface area contributed by atoms with Gasteiger partial charge in [0.15, 0.2) is 0 Å². The van der Waals surface area contributed by atoms with Crippen LogP contribution in [-0.2, 0) is 4.79 Å². The van der Waals surface area contributed by atoms with Crippen molar-refractivity contribution < 1.29 is 9.90 Å². The molecule has 0 unspecified atom stereocenters. The third-order valence-corrected chi connectivity index (χ3v) is 4.28. The molecule has 0 saturated carbocycles. The Morgan fingerprint density at radius 1 is 1.00 bits per heavy atom. The number of rotatable bonds is 8. The number of carboxylic acids is 1. The third-order valence-electron chi connectivity index (χ3n) is 4.28. The van der Waals surface area contributed by atoms with Gasteiger partial charge in [-0.3, -0.25) is 4.79 Å². The standard InChI is InChI=1S/C17H33NO2/c1-16(2)12-14(13-17(3,4)18-16)10-8-6-5-7-9-11-15(19)20/h14,18H,5-13H2,1-4H3,(H,19,20). The highest BCUT2D eigenvalue weighted by Gasteiger charge is 2.36. The van der Waals surface area contributed by atoms with Gasteiger partial charge in [0.1, 0.15) is 0 Å². The van der Waals surface area contributed by atoms with Gasteiger partial charge in [0.2, 0.25) is 0 Å². The Morgan fingerprint density at radius 2 is 1.50 bits per heavy atom. The van der Waals surface area contributed by atoms with E-state index in [0.29, 0.717) is 6.42 Å². The van der Waals surface area contributed by atoms with Crippen LogP contribution in [0, 0.1) is 5.92 Å². The van der Waals surface area contributed by atoms with Gasteiger partial charge in [0.25, 0.3) is 0 Å². The second kappa shape index (κ2) is 7.44. The van der Waals surface area contributed by atoms with Gasteiger partial charge in [-0.25, -0.2) is 0 Å². The Labute approximate surface area is 124 Å². The van der Waals surface area contributed by atoms with E-state index >= 15 is 0 Å². The van der Waals surface area contributed by atoms with Crippen molar-refractivity contribution in [1.29, 1.82) is 0 Å². The average molecular weight is 283 g/mol. The van der Waals surface area contributed by atoms with Crippen LogP contribution in [0.25, 0.3) is 0 Å². The highest BCUT2D eigenvalue weighted by atomic mass is 16.4. The molecule has 0 aromatic heterocycles. The summed E-state index contributed by atoms with van der Waals surface area (Å²) in [4.78, 5) is 10.4. The highest BCUT2D eigenvalue weighted by Crippen LogP contribution is 2.35. The molecule has 1 saturated heterocycles. The van der Waals surface area contributed by atoms with Crippen LogP contribution in [0.5, 0.6) is 0 Å². The zero-order valence-corrected chi connectivity index (χ0v) is 13.8. The molecule has 0 spiro atoms. The number of aliphatic carboxylic acids is 1. The van der Waals surface area contributed by atoms with Gasteiger partial charge in [-0.2, -0.15) is 0 Å². The van der Waals surface area contributed by atoms with Crippen molar-refractivity contribution in [3.63, 3.8) is 0 Å². The number of carboxylic acid groups (broad SMARTS) is 1. The molecule has 1 rings (SSSR count). The minimum atomic E-state index is -0.663. The van der Waals surface area contributed by atoms with E-state index in [1.807, 2.05) is 0 Å². The highest BCUT2D eigenvalue weighted by molar-refractivity contribution is 5.66. The summed E-state index contributed by atoms with van der Waals surface area (Å²) in [5.41, 5.74) is 0.516. The predicted octanol–water partition coefficient (Wildman–Crippen LogP) is 4.36. The second-order valence-electron chi connectivity index (χ2n) is 7.87. The summed E-state index contributed by atoms with van der Waals surface area (Å²) in [7, 11) is 0. The fourth-order valence-corrected chi connectivity index (χ4v) is 3.98. The summed E-state index contributed by atoms with van der Waals surface area (Å²) < 4.78 is 0. The number of nitrogens with one attached hydrogen (secondary N) is 1. The fraction of sp³-hybridized carbons (Fsp3) is 0.941. The minimum Gasteiger partial charge on any atom is -0.481 e. The molecule has 20 heavy (non-hydrogen) atoms. The van der Waals surface area contributed by atoms with Crippen molar-refractivity contribution in [2.75, 3.05) is 0 Å². The largest absolute Gasteiger partial charge is 0.481 e. The first-order valence-electron chi connectivity index (χ1n) is 8.21. The van der Waals surface area contributed by atoms with E-state index < -0.39 is 5.97 Å². The third kappa shape index (κ3) is 7.28. The first kappa shape index (κ1) is 17.5. The van der Waals surface area contributed by atoms with E-state index in [0.717, 1.165) is 18.8 Å².